The average Bonchev–Trinajstić information content (AvgIpc) is 2.69. The van der Waals surface area contributed by atoms with Gasteiger partial charge in [-0.25, -0.2) is 0 Å². The van der Waals surface area contributed by atoms with E-state index in [9.17, 15) is 10.2 Å². The molecule has 0 spiro atoms. The number of aliphatic hydroxyl groups is 2. The monoisotopic (exact) mass is 241 g/mol. The quantitative estimate of drug-likeness (QED) is 0.610. The number of nitrogens with one attached hydrogen (secondary N) is 1. The Bertz CT molecular complexity index is 288. The lowest BCUT2D eigenvalue weighted by molar-refractivity contribution is 0.122. The summed E-state index contributed by atoms with van der Waals surface area (Å²) in [5.74, 6) is 0.487. The van der Waals surface area contributed by atoms with Crippen LogP contribution in [0.15, 0.2) is 18.5 Å². The Kier molecular flexibility index (Phi) is 6.18. The number of nitrogens with zero attached hydrogens (tertiary/aromatic N) is 2. The van der Waals surface area contributed by atoms with Gasteiger partial charge < -0.3 is 15.5 Å². The van der Waals surface area contributed by atoms with Crippen LogP contribution >= 0.6 is 0 Å². The molecule has 0 aromatic carbocycles. The van der Waals surface area contributed by atoms with Gasteiger partial charge in [0.2, 0.25) is 0 Å². The van der Waals surface area contributed by atoms with E-state index in [2.05, 4.69) is 24.3 Å². The molecule has 2 unspecified atom stereocenters. The van der Waals surface area contributed by atoms with Gasteiger partial charge in [-0.15, -0.1) is 0 Å². The fourth-order valence-electron chi connectivity index (χ4n) is 1.73. The van der Waals surface area contributed by atoms with Gasteiger partial charge in [-0.2, -0.15) is 5.10 Å². The first-order valence-electron chi connectivity index (χ1n) is 6.12. The molecule has 2 atom stereocenters. The van der Waals surface area contributed by atoms with E-state index in [0.29, 0.717) is 25.6 Å². The molecule has 0 fully saturated rings. The van der Waals surface area contributed by atoms with Crippen molar-refractivity contribution in [2.24, 2.45) is 5.92 Å². The lowest BCUT2D eigenvalue weighted by atomic mass is 10.1. The van der Waals surface area contributed by atoms with E-state index in [-0.39, 0.29) is 6.10 Å². The van der Waals surface area contributed by atoms with E-state index in [1.54, 1.807) is 10.9 Å². The van der Waals surface area contributed by atoms with E-state index in [1.807, 2.05) is 12.3 Å². The Morgan fingerprint density at radius 3 is 2.53 bits per heavy atom. The summed E-state index contributed by atoms with van der Waals surface area (Å²) in [6.07, 6.45) is 3.46. The fraction of sp³-hybridized carbons (Fsp3) is 0.750. The third-order valence-corrected chi connectivity index (χ3v) is 2.46. The summed E-state index contributed by atoms with van der Waals surface area (Å²) < 4.78 is 1.69. The number of aromatic nitrogens is 2. The summed E-state index contributed by atoms with van der Waals surface area (Å²) in [7, 11) is 0. The van der Waals surface area contributed by atoms with Crippen LogP contribution < -0.4 is 5.32 Å². The summed E-state index contributed by atoms with van der Waals surface area (Å²) in [6.45, 7) is 5.62. The molecule has 98 valence electrons. The molecule has 1 aromatic rings. The number of rotatable bonds is 8. The molecule has 0 aliphatic heterocycles. The molecule has 17 heavy (non-hydrogen) atoms. The first-order valence-corrected chi connectivity index (χ1v) is 6.12. The standard InChI is InChI=1S/C12H23N3O2/c1-10(2)6-11(16)7-13-8-12(17)9-15-5-3-4-14-15/h3-5,10-13,16-17H,6-9H2,1-2H3. The highest BCUT2D eigenvalue weighted by atomic mass is 16.3. The summed E-state index contributed by atoms with van der Waals surface area (Å²) in [5, 5.41) is 26.4. The van der Waals surface area contributed by atoms with Gasteiger partial charge in [-0.05, 0) is 18.4 Å². The number of hydrogen-bond acceptors (Lipinski definition) is 4. The fourth-order valence-corrected chi connectivity index (χ4v) is 1.73. The van der Waals surface area contributed by atoms with Crippen molar-refractivity contribution in [2.75, 3.05) is 13.1 Å². The van der Waals surface area contributed by atoms with Crippen LogP contribution in [-0.4, -0.2) is 45.3 Å². The van der Waals surface area contributed by atoms with Crippen molar-refractivity contribution in [2.45, 2.75) is 39.0 Å². The topological polar surface area (TPSA) is 70.3 Å². The van der Waals surface area contributed by atoms with E-state index in [0.717, 1.165) is 6.42 Å². The zero-order chi connectivity index (χ0) is 12.7. The van der Waals surface area contributed by atoms with Crippen molar-refractivity contribution in [3.05, 3.63) is 18.5 Å². The molecule has 5 nitrogen and oxygen atoms in total. The minimum absolute atomic E-state index is 0.341. The third-order valence-electron chi connectivity index (χ3n) is 2.46. The highest BCUT2D eigenvalue weighted by Crippen LogP contribution is 2.03. The molecule has 5 heteroatoms. The van der Waals surface area contributed by atoms with Crippen LogP contribution in [0.3, 0.4) is 0 Å². The first-order chi connectivity index (χ1) is 8.08. The number of hydrogen-bond donors (Lipinski definition) is 3. The van der Waals surface area contributed by atoms with Crippen LogP contribution in [0, 0.1) is 5.92 Å². The number of aliphatic hydroxyl groups excluding tert-OH is 2. The lowest BCUT2D eigenvalue weighted by Gasteiger charge is -2.16. The predicted octanol–water partition coefficient (Wildman–Crippen LogP) is 0.241. The van der Waals surface area contributed by atoms with Crippen LogP contribution in [-0.2, 0) is 6.54 Å². The Morgan fingerprint density at radius 1 is 1.24 bits per heavy atom. The molecule has 0 aliphatic carbocycles. The predicted molar refractivity (Wildman–Crippen MR) is 66.6 cm³/mol. The molecule has 1 aromatic heterocycles. The van der Waals surface area contributed by atoms with Gasteiger partial charge in [0, 0.05) is 25.5 Å². The first kappa shape index (κ1) is 14.2. The highest BCUT2D eigenvalue weighted by molar-refractivity contribution is 4.78. The molecule has 1 rings (SSSR count). The second-order valence-electron chi connectivity index (χ2n) is 4.82. The Labute approximate surface area is 102 Å². The minimum Gasteiger partial charge on any atom is -0.392 e. The minimum atomic E-state index is -0.485. The zero-order valence-electron chi connectivity index (χ0n) is 10.6. The Balaban J connectivity index is 2.09. The van der Waals surface area contributed by atoms with E-state index < -0.39 is 6.10 Å². The van der Waals surface area contributed by atoms with Crippen LogP contribution in [0.1, 0.15) is 20.3 Å². The molecular weight excluding hydrogens is 218 g/mol. The van der Waals surface area contributed by atoms with Gasteiger partial charge in [-0.3, -0.25) is 4.68 Å². The second-order valence-corrected chi connectivity index (χ2v) is 4.82. The maximum Gasteiger partial charge on any atom is 0.0860 e. The van der Waals surface area contributed by atoms with Crippen LogP contribution in [0.25, 0.3) is 0 Å². The van der Waals surface area contributed by atoms with Gasteiger partial charge in [0.15, 0.2) is 0 Å². The molecular formula is C12H23N3O2. The van der Waals surface area contributed by atoms with Gasteiger partial charge in [0.1, 0.15) is 0 Å². The maximum atomic E-state index is 9.71. The zero-order valence-corrected chi connectivity index (χ0v) is 10.6. The summed E-state index contributed by atoms with van der Waals surface area (Å²) in [5.41, 5.74) is 0. The lowest BCUT2D eigenvalue weighted by Crippen LogP contribution is -2.35. The molecule has 0 bridgehead atoms. The van der Waals surface area contributed by atoms with Crippen molar-refractivity contribution < 1.29 is 10.2 Å². The SMILES string of the molecule is CC(C)CC(O)CNCC(O)Cn1cccn1. The van der Waals surface area contributed by atoms with Crippen molar-refractivity contribution >= 4 is 0 Å². The van der Waals surface area contributed by atoms with Gasteiger partial charge in [-0.1, -0.05) is 13.8 Å². The molecule has 0 aliphatic rings. The van der Waals surface area contributed by atoms with Crippen molar-refractivity contribution in [1.82, 2.24) is 15.1 Å². The smallest absolute Gasteiger partial charge is 0.0860 e. The van der Waals surface area contributed by atoms with Gasteiger partial charge >= 0.3 is 0 Å². The van der Waals surface area contributed by atoms with Crippen LogP contribution in [0.2, 0.25) is 0 Å². The maximum absolute atomic E-state index is 9.71. The molecule has 0 saturated carbocycles. The normalized spacial score (nSPS) is 15.1. The van der Waals surface area contributed by atoms with Crippen LogP contribution in [0.4, 0.5) is 0 Å². The van der Waals surface area contributed by atoms with Crippen molar-refractivity contribution in [1.29, 1.82) is 0 Å². The Hall–Kier alpha value is -0.910. The van der Waals surface area contributed by atoms with Crippen LogP contribution in [0.5, 0.6) is 0 Å². The van der Waals surface area contributed by atoms with Crippen molar-refractivity contribution in [3.63, 3.8) is 0 Å². The highest BCUT2D eigenvalue weighted by Gasteiger charge is 2.09. The summed E-state index contributed by atoms with van der Waals surface area (Å²) in [6, 6.07) is 1.83. The summed E-state index contributed by atoms with van der Waals surface area (Å²) >= 11 is 0. The molecule has 0 saturated heterocycles. The third kappa shape index (κ3) is 6.41. The molecule has 0 radical (unpaired) electrons. The molecule has 3 N–H and O–H groups in total. The molecule has 1 heterocycles. The molecule has 0 amide bonds. The second kappa shape index (κ2) is 7.42. The average molecular weight is 241 g/mol. The van der Waals surface area contributed by atoms with E-state index in [1.165, 1.54) is 0 Å². The van der Waals surface area contributed by atoms with Gasteiger partial charge in [0.25, 0.3) is 0 Å². The largest absolute Gasteiger partial charge is 0.392 e. The van der Waals surface area contributed by atoms with E-state index >= 15 is 0 Å². The van der Waals surface area contributed by atoms with Gasteiger partial charge in [0.05, 0.1) is 18.8 Å². The Morgan fingerprint density at radius 2 is 1.94 bits per heavy atom. The summed E-state index contributed by atoms with van der Waals surface area (Å²) in [4.78, 5) is 0. The van der Waals surface area contributed by atoms with E-state index in [4.69, 9.17) is 0 Å². The van der Waals surface area contributed by atoms with Crippen molar-refractivity contribution in [3.8, 4) is 0 Å².